The molecule has 3 N–H and O–H groups in total. The molecule has 1 aromatic rings. The summed E-state index contributed by atoms with van der Waals surface area (Å²) in [5, 5.41) is 21.3. The molecular formula is C17H20N2O6. The smallest absolute Gasteiger partial charge is 0.337 e. The van der Waals surface area contributed by atoms with Gasteiger partial charge in [-0.15, -0.1) is 0 Å². The van der Waals surface area contributed by atoms with Crippen LogP contribution >= 0.6 is 0 Å². The summed E-state index contributed by atoms with van der Waals surface area (Å²) in [5.74, 6) is -2.33. The highest BCUT2D eigenvalue weighted by molar-refractivity contribution is 6.09. The third-order valence-electron chi connectivity index (χ3n) is 4.17. The molecule has 0 atom stereocenters. The quantitative estimate of drug-likeness (QED) is 0.647. The number of hydrogen-bond acceptors (Lipinski definition) is 6. The lowest BCUT2D eigenvalue weighted by molar-refractivity contribution is -0.136. The number of aromatic carboxylic acids is 1. The summed E-state index contributed by atoms with van der Waals surface area (Å²) in [6.07, 6.45) is 0. The minimum atomic E-state index is -1.15. The van der Waals surface area contributed by atoms with E-state index in [0.717, 1.165) is 5.56 Å². The summed E-state index contributed by atoms with van der Waals surface area (Å²) in [5.41, 5.74) is 1.81. The fraction of sp³-hybridized carbons (Fsp3) is 0.353. The highest BCUT2D eigenvalue weighted by Gasteiger charge is 2.35. The van der Waals surface area contributed by atoms with Gasteiger partial charge in [-0.2, -0.15) is 0 Å². The van der Waals surface area contributed by atoms with Gasteiger partial charge in [-0.05, 0) is 31.0 Å². The molecule has 8 heteroatoms. The van der Waals surface area contributed by atoms with E-state index in [0.29, 0.717) is 5.56 Å². The highest BCUT2D eigenvalue weighted by atomic mass is 16.5. The van der Waals surface area contributed by atoms with E-state index in [4.69, 9.17) is 9.84 Å². The van der Waals surface area contributed by atoms with Crippen LogP contribution in [0.1, 0.15) is 21.5 Å². The normalized spacial score (nSPS) is 14.1. The van der Waals surface area contributed by atoms with Gasteiger partial charge >= 0.3 is 11.9 Å². The van der Waals surface area contributed by atoms with Crippen molar-refractivity contribution in [2.45, 2.75) is 13.8 Å². The Morgan fingerprint density at radius 2 is 2.00 bits per heavy atom. The van der Waals surface area contributed by atoms with Gasteiger partial charge in [0.1, 0.15) is 5.70 Å². The molecular weight excluding hydrogens is 328 g/mol. The second-order valence-electron chi connectivity index (χ2n) is 5.66. The number of anilines is 1. The van der Waals surface area contributed by atoms with E-state index >= 15 is 0 Å². The number of hydrogen-bond donors (Lipinski definition) is 3. The van der Waals surface area contributed by atoms with Gasteiger partial charge < -0.3 is 25.2 Å². The fourth-order valence-electron chi connectivity index (χ4n) is 2.63. The number of carboxylic acid groups (broad SMARTS) is 1. The lowest BCUT2D eigenvalue weighted by atomic mass is 10.0. The van der Waals surface area contributed by atoms with E-state index in [1.165, 1.54) is 18.1 Å². The number of β-amino-alcohol motifs (C(OH)–C–C–N with tert-alkyl or cyclic N) is 1. The van der Waals surface area contributed by atoms with Gasteiger partial charge in [0.25, 0.3) is 5.91 Å². The number of amides is 1. The first-order chi connectivity index (χ1) is 11.8. The average molecular weight is 348 g/mol. The van der Waals surface area contributed by atoms with Crippen LogP contribution in [0, 0.1) is 13.8 Å². The number of carbonyl (C=O) groups is 3. The number of nitrogens with zero attached hydrogens (tertiary/aromatic N) is 1. The Bertz CT molecular complexity index is 769. The molecule has 0 aliphatic carbocycles. The monoisotopic (exact) mass is 348 g/mol. The minimum Gasteiger partial charge on any atom is -0.478 e. The second-order valence-corrected chi connectivity index (χ2v) is 5.66. The van der Waals surface area contributed by atoms with E-state index < -0.39 is 17.8 Å². The zero-order chi connectivity index (χ0) is 18.7. The lowest BCUT2D eigenvalue weighted by Gasteiger charge is -2.17. The van der Waals surface area contributed by atoms with Crippen molar-refractivity contribution in [3.63, 3.8) is 0 Å². The first-order valence-electron chi connectivity index (χ1n) is 7.63. The highest BCUT2D eigenvalue weighted by Crippen LogP contribution is 2.29. The molecule has 8 nitrogen and oxygen atoms in total. The van der Waals surface area contributed by atoms with Crippen molar-refractivity contribution in [3.8, 4) is 0 Å². The Kier molecular flexibility index (Phi) is 5.43. The van der Waals surface area contributed by atoms with E-state index in [-0.39, 0.29) is 42.2 Å². The van der Waals surface area contributed by atoms with Crippen molar-refractivity contribution in [2.24, 2.45) is 0 Å². The largest absolute Gasteiger partial charge is 0.478 e. The standard InChI is InChI=1S/C17H20N2O6/c1-9-4-5-11(16(22)23)13(10(9)2)18-14-12(17(24)25-3)8-19(6-7-20)15(14)21/h4-5,18,20H,6-8H2,1-3H3,(H,22,23). The van der Waals surface area contributed by atoms with Crippen molar-refractivity contribution in [2.75, 3.05) is 32.1 Å². The molecule has 0 fully saturated rings. The first kappa shape index (κ1) is 18.5. The molecule has 2 rings (SSSR count). The van der Waals surface area contributed by atoms with Gasteiger partial charge in [0.2, 0.25) is 0 Å². The summed E-state index contributed by atoms with van der Waals surface area (Å²) in [6.45, 7) is 3.34. The van der Waals surface area contributed by atoms with E-state index in [9.17, 15) is 19.5 Å². The molecule has 0 spiro atoms. The Morgan fingerprint density at radius 1 is 1.32 bits per heavy atom. The topological polar surface area (TPSA) is 116 Å². The van der Waals surface area contributed by atoms with Crippen LogP contribution in [0.15, 0.2) is 23.4 Å². The maximum absolute atomic E-state index is 12.5. The third kappa shape index (κ3) is 3.48. The van der Waals surface area contributed by atoms with Gasteiger partial charge in [-0.1, -0.05) is 6.07 Å². The van der Waals surface area contributed by atoms with Crippen LogP contribution in [-0.4, -0.2) is 59.8 Å². The summed E-state index contributed by atoms with van der Waals surface area (Å²) in [7, 11) is 1.20. The predicted molar refractivity (Wildman–Crippen MR) is 89.2 cm³/mol. The summed E-state index contributed by atoms with van der Waals surface area (Å²) in [4.78, 5) is 37.3. The fourth-order valence-corrected chi connectivity index (χ4v) is 2.63. The Balaban J connectivity index is 2.52. The Morgan fingerprint density at radius 3 is 2.56 bits per heavy atom. The number of methoxy groups -OCH3 is 1. The van der Waals surface area contributed by atoms with Gasteiger partial charge in [0, 0.05) is 6.54 Å². The van der Waals surface area contributed by atoms with Crippen LogP contribution in [-0.2, 0) is 14.3 Å². The number of rotatable bonds is 6. The number of benzene rings is 1. The van der Waals surface area contributed by atoms with Crippen LogP contribution in [0.3, 0.4) is 0 Å². The number of nitrogens with one attached hydrogen (secondary N) is 1. The molecule has 0 aromatic heterocycles. The second kappa shape index (κ2) is 7.35. The number of carbonyl (C=O) groups excluding carboxylic acids is 2. The third-order valence-corrected chi connectivity index (χ3v) is 4.17. The molecule has 1 aliphatic heterocycles. The molecule has 0 bridgehead atoms. The van der Waals surface area contributed by atoms with Gasteiger partial charge in [0.05, 0.1) is 37.1 Å². The number of ether oxygens (including phenoxy) is 1. The zero-order valence-corrected chi connectivity index (χ0v) is 14.3. The van der Waals surface area contributed by atoms with Gasteiger partial charge in [0.15, 0.2) is 0 Å². The average Bonchev–Trinajstić information content (AvgIpc) is 2.88. The minimum absolute atomic E-state index is 0.00627. The van der Waals surface area contributed by atoms with Crippen LogP contribution in [0.25, 0.3) is 0 Å². The molecule has 134 valence electrons. The van der Waals surface area contributed by atoms with E-state index in [1.54, 1.807) is 13.0 Å². The molecule has 1 heterocycles. The van der Waals surface area contributed by atoms with Crippen molar-refractivity contribution >= 4 is 23.5 Å². The maximum atomic E-state index is 12.5. The molecule has 0 radical (unpaired) electrons. The summed E-state index contributed by atoms with van der Waals surface area (Å²) in [6, 6.07) is 3.12. The summed E-state index contributed by atoms with van der Waals surface area (Å²) >= 11 is 0. The molecule has 1 aliphatic rings. The van der Waals surface area contributed by atoms with Crippen molar-refractivity contribution < 1.29 is 29.3 Å². The van der Waals surface area contributed by atoms with Gasteiger partial charge in [-0.25, -0.2) is 9.59 Å². The number of carboxylic acids is 1. The van der Waals surface area contributed by atoms with Crippen LogP contribution in [0.4, 0.5) is 5.69 Å². The van der Waals surface area contributed by atoms with Crippen LogP contribution in [0.2, 0.25) is 0 Å². The first-order valence-corrected chi connectivity index (χ1v) is 7.63. The Labute approximate surface area is 144 Å². The van der Waals surface area contributed by atoms with Crippen LogP contribution in [0.5, 0.6) is 0 Å². The summed E-state index contributed by atoms with van der Waals surface area (Å²) < 4.78 is 4.71. The molecule has 1 amide bonds. The van der Waals surface area contributed by atoms with Crippen molar-refractivity contribution in [1.29, 1.82) is 0 Å². The number of esters is 1. The molecule has 0 saturated carbocycles. The number of aliphatic hydroxyl groups excluding tert-OH is 1. The van der Waals surface area contributed by atoms with Gasteiger partial charge in [-0.3, -0.25) is 4.79 Å². The van der Waals surface area contributed by atoms with Crippen molar-refractivity contribution in [1.82, 2.24) is 4.90 Å². The van der Waals surface area contributed by atoms with E-state index in [2.05, 4.69) is 5.32 Å². The van der Waals surface area contributed by atoms with E-state index in [1.807, 2.05) is 6.92 Å². The predicted octanol–water partition coefficient (Wildman–Crippen LogP) is 0.675. The molecule has 25 heavy (non-hydrogen) atoms. The number of aryl methyl sites for hydroxylation is 1. The number of aliphatic hydroxyl groups is 1. The Hall–Kier alpha value is -2.87. The molecule has 1 aromatic carbocycles. The maximum Gasteiger partial charge on any atom is 0.337 e. The SMILES string of the molecule is COC(=O)C1=C(Nc2c(C(=O)O)ccc(C)c2C)C(=O)N(CCO)C1. The lowest BCUT2D eigenvalue weighted by Crippen LogP contribution is -2.31. The zero-order valence-electron chi connectivity index (χ0n) is 14.3. The molecule has 0 unspecified atom stereocenters. The van der Waals surface area contributed by atoms with Crippen molar-refractivity contribution in [3.05, 3.63) is 40.1 Å². The van der Waals surface area contributed by atoms with Crippen LogP contribution < -0.4 is 5.32 Å². The molecule has 0 saturated heterocycles.